The standard InChI is InChI=1S/C20H20ClN5O/c21-15-6-4-14(5-7-15)20-17-12-26(10-8-18(17)24-25-20)13-19(27)23-11-16-3-1-2-9-22-16/h1-7,9H,8,10-13H2,(H,23,27)(H,24,25). The van der Waals surface area contributed by atoms with Crippen molar-refractivity contribution < 1.29 is 4.79 Å². The molecule has 1 aromatic carbocycles. The molecule has 0 bridgehead atoms. The number of nitrogens with zero attached hydrogens (tertiary/aromatic N) is 3. The first kappa shape index (κ1) is 17.7. The molecule has 0 fully saturated rings. The van der Waals surface area contributed by atoms with E-state index in [0.717, 1.165) is 41.2 Å². The first-order chi connectivity index (χ1) is 13.2. The zero-order chi connectivity index (χ0) is 18.6. The Hall–Kier alpha value is -2.70. The predicted octanol–water partition coefficient (Wildman–Crippen LogP) is 2.80. The molecule has 1 amide bonds. The molecule has 4 rings (SSSR count). The Morgan fingerprint density at radius 2 is 2.07 bits per heavy atom. The molecule has 0 radical (unpaired) electrons. The summed E-state index contributed by atoms with van der Waals surface area (Å²) in [6, 6.07) is 13.3. The summed E-state index contributed by atoms with van der Waals surface area (Å²) in [6.45, 7) is 2.32. The Balaban J connectivity index is 1.40. The number of benzene rings is 1. The number of aromatic amines is 1. The zero-order valence-corrected chi connectivity index (χ0v) is 15.5. The van der Waals surface area contributed by atoms with Crippen LogP contribution in [0.1, 0.15) is 17.0 Å². The van der Waals surface area contributed by atoms with Crippen LogP contribution < -0.4 is 5.32 Å². The average Bonchev–Trinajstić information content (AvgIpc) is 3.11. The SMILES string of the molecule is O=C(CN1CCc2[nH]nc(-c3ccc(Cl)cc3)c2C1)NCc1ccccn1. The fourth-order valence-electron chi connectivity index (χ4n) is 3.28. The molecule has 138 valence electrons. The molecule has 0 atom stereocenters. The van der Waals surface area contributed by atoms with Crippen LogP contribution >= 0.6 is 11.6 Å². The van der Waals surface area contributed by atoms with E-state index in [1.54, 1.807) is 6.20 Å². The Kier molecular flexibility index (Phi) is 5.18. The number of carbonyl (C=O) groups is 1. The number of pyridine rings is 1. The number of hydrogen-bond donors (Lipinski definition) is 2. The molecule has 1 aliphatic rings. The van der Waals surface area contributed by atoms with Crippen molar-refractivity contribution in [2.45, 2.75) is 19.5 Å². The first-order valence-corrected chi connectivity index (χ1v) is 9.28. The fraction of sp³-hybridized carbons (Fsp3) is 0.250. The van der Waals surface area contributed by atoms with Gasteiger partial charge in [0.2, 0.25) is 5.91 Å². The van der Waals surface area contributed by atoms with Crippen LogP contribution in [-0.2, 0) is 24.3 Å². The van der Waals surface area contributed by atoms with Crippen molar-refractivity contribution in [3.8, 4) is 11.3 Å². The second-order valence-corrected chi connectivity index (χ2v) is 7.03. The predicted molar refractivity (Wildman–Crippen MR) is 104 cm³/mol. The molecule has 2 N–H and O–H groups in total. The summed E-state index contributed by atoms with van der Waals surface area (Å²) in [5, 5.41) is 11.3. The van der Waals surface area contributed by atoms with E-state index in [4.69, 9.17) is 11.6 Å². The summed E-state index contributed by atoms with van der Waals surface area (Å²) >= 11 is 5.99. The van der Waals surface area contributed by atoms with E-state index in [1.807, 2.05) is 42.5 Å². The van der Waals surface area contributed by atoms with Gasteiger partial charge in [0.25, 0.3) is 0 Å². The lowest BCUT2D eigenvalue weighted by molar-refractivity contribution is -0.122. The van der Waals surface area contributed by atoms with E-state index in [9.17, 15) is 4.79 Å². The summed E-state index contributed by atoms with van der Waals surface area (Å²) in [5.41, 5.74) is 5.11. The topological polar surface area (TPSA) is 73.9 Å². The zero-order valence-electron chi connectivity index (χ0n) is 14.8. The van der Waals surface area contributed by atoms with Crippen molar-refractivity contribution in [3.63, 3.8) is 0 Å². The number of halogens is 1. The van der Waals surface area contributed by atoms with E-state index in [0.29, 0.717) is 24.7 Å². The van der Waals surface area contributed by atoms with Crippen LogP contribution in [0.4, 0.5) is 0 Å². The lowest BCUT2D eigenvalue weighted by Gasteiger charge is -2.26. The van der Waals surface area contributed by atoms with Gasteiger partial charge in [-0.2, -0.15) is 5.10 Å². The molecule has 27 heavy (non-hydrogen) atoms. The van der Waals surface area contributed by atoms with Crippen LogP contribution in [0.15, 0.2) is 48.7 Å². The van der Waals surface area contributed by atoms with Crippen LogP contribution in [-0.4, -0.2) is 39.1 Å². The van der Waals surface area contributed by atoms with Crippen molar-refractivity contribution in [1.29, 1.82) is 0 Å². The Morgan fingerprint density at radius 1 is 1.22 bits per heavy atom. The highest BCUT2D eigenvalue weighted by molar-refractivity contribution is 6.30. The molecule has 0 saturated carbocycles. The molecule has 0 spiro atoms. The highest BCUT2D eigenvalue weighted by Gasteiger charge is 2.24. The van der Waals surface area contributed by atoms with E-state index in [-0.39, 0.29) is 5.91 Å². The summed E-state index contributed by atoms with van der Waals surface area (Å²) in [5.74, 6) is 0.000593. The minimum absolute atomic E-state index is 0.000593. The fourth-order valence-corrected chi connectivity index (χ4v) is 3.41. The third kappa shape index (κ3) is 4.18. The lowest BCUT2D eigenvalue weighted by Crippen LogP contribution is -2.39. The van der Waals surface area contributed by atoms with E-state index >= 15 is 0 Å². The van der Waals surface area contributed by atoms with Gasteiger partial charge in [-0.25, -0.2) is 0 Å². The molecule has 0 aliphatic carbocycles. The molecule has 0 saturated heterocycles. The normalized spacial score (nSPS) is 14.0. The van der Waals surface area contributed by atoms with Gasteiger partial charge in [0.05, 0.1) is 24.5 Å². The van der Waals surface area contributed by atoms with Crippen molar-refractivity contribution in [2.24, 2.45) is 0 Å². The van der Waals surface area contributed by atoms with Gasteiger partial charge in [-0.05, 0) is 24.3 Å². The van der Waals surface area contributed by atoms with Crippen LogP contribution in [0.3, 0.4) is 0 Å². The van der Waals surface area contributed by atoms with Gasteiger partial charge in [-0.3, -0.25) is 19.8 Å². The molecule has 1 aliphatic heterocycles. The van der Waals surface area contributed by atoms with Gasteiger partial charge in [0, 0.05) is 47.6 Å². The summed E-state index contributed by atoms with van der Waals surface area (Å²) < 4.78 is 0. The molecular weight excluding hydrogens is 362 g/mol. The number of rotatable bonds is 5. The van der Waals surface area contributed by atoms with Gasteiger partial charge in [-0.1, -0.05) is 29.8 Å². The molecule has 0 unspecified atom stereocenters. The highest BCUT2D eigenvalue weighted by Crippen LogP contribution is 2.29. The Morgan fingerprint density at radius 3 is 2.85 bits per heavy atom. The number of carbonyl (C=O) groups excluding carboxylic acids is 1. The molecule has 2 aromatic heterocycles. The van der Waals surface area contributed by atoms with Gasteiger partial charge in [0.15, 0.2) is 0 Å². The largest absolute Gasteiger partial charge is 0.349 e. The summed E-state index contributed by atoms with van der Waals surface area (Å²) in [4.78, 5) is 18.7. The van der Waals surface area contributed by atoms with Crippen molar-refractivity contribution in [1.82, 2.24) is 25.4 Å². The maximum Gasteiger partial charge on any atom is 0.234 e. The van der Waals surface area contributed by atoms with Crippen molar-refractivity contribution >= 4 is 17.5 Å². The molecular formula is C20H20ClN5O. The number of H-pyrrole nitrogens is 1. The summed E-state index contributed by atoms with van der Waals surface area (Å²) in [6.07, 6.45) is 2.58. The van der Waals surface area contributed by atoms with Crippen LogP contribution in [0.2, 0.25) is 5.02 Å². The second-order valence-electron chi connectivity index (χ2n) is 6.59. The summed E-state index contributed by atoms with van der Waals surface area (Å²) in [7, 11) is 0. The smallest absolute Gasteiger partial charge is 0.234 e. The number of hydrogen-bond acceptors (Lipinski definition) is 4. The van der Waals surface area contributed by atoms with Crippen molar-refractivity contribution in [2.75, 3.05) is 13.1 Å². The van der Waals surface area contributed by atoms with Crippen molar-refractivity contribution in [3.05, 3.63) is 70.6 Å². The monoisotopic (exact) mass is 381 g/mol. The van der Waals surface area contributed by atoms with E-state index < -0.39 is 0 Å². The number of aromatic nitrogens is 3. The third-order valence-electron chi connectivity index (χ3n) is 4.69. The molecule has 7 heteroatoms. The quantitative estimate of drug-likeness (QED) is 0.712. The van der Waals surface area contributed by atoms with E-state index in [2.05, 4.69) is 25.4 Å². The highest BCUT2D eigenvalue weighted by atomic mass is 35.5. The number of nitrogens with one attached hydrogen (secondary N) is 2. The number of fused-ring (bicyclic) bond motifs is 1. The van der Waals surface area contributed by atoms with Crippen LogP contribution in [0.5, 0.6) is 0 Å². The van der Waals surface area contributed by atoms with Gasteiger partial charge in [-0.15, -0.1) is 0 Å². The van der Waals surface area contributed by atoms with Crippen LogP contribution in [0.25, 0.3) is 11.3 Å². The second kappa shape index (κ2) is 7.90. The minimum Gasteiger partial charge on any atom is -0.349 e. The minimum atomic E-state index is 0.000593. The Bertz CT molecular complexity index is 923. The first-order valence-electron chi connectivity index (χ1n) is 8.90. The van der Waals surface area contributed by atoms with Gasteiger partial charge in [0.1, 0.15) is 0 Å². The van der Waals surface area contributed by atoms with Gasteiger partial charge >= 0.3 is 0 Å². The lowest BCUT2D eigenvalue weighted by atomic mass is 10.0. The molecule has 3 heterocycles. The van der Waals surface area contributed by atoms with E-state index in [1.165, 1.54) is 0 Å². The third-order valence-corrected chi connectivity index (χ3v) is 4.94. The Labute approximate surface area is 162 Å². The molecule has 3 aromatic rings. The van der Waals surface area contributed by atoms with Crippen LogP contribution in [0, 0.1) is 0 Å². The average molecular weight is 382 g/mol. The number of amides is 1. The maximum atomic E-state index is 12.3. The maximum absolute atomic E-state index is 12.3. The molecule has 6 nitrogen and oxygen atoms in total. The van der Waals surface area contributed by atoms with Gasteiger partial charge < -0.3 is 5.32 Å².